The molecular weight excluding hydrogens is 542 g/mol. The molecule has 0 N–H and O–H groups in total. The molecule has 6 nitrogen and oxygen atoms in total. The molecule has 0 aromatic heterocycles. The van der Waals surface area contributed by atoms with Crippen LogP contribution in [0.15, 0.2) is 29.1 Å². The summed E-state index contributed by atoms with van der Waals surface area (Å²) in [6.45, 7) is -0.00583. The van der Waals surface area contributed by atoms with Crippen molar-refractivity contribution in [2.45, 2.75) is 12.6 Å². The predicted molar refractivity (Wildman–Crippen MR) is 94.0 cm³/mol. The largest absolute Gasteiger partial charge is 0.426 e. The lowest BCUT2D eigenvalue weighted by Gasteiger charge is -2.14. The van der Waals surface area contributed by atoms with Gasteiger partial charge in [0.15, 0.2) is 0 Å². The summed E-state index contributed by atoms with van der Waals surface area (Å²) >= 11 is 29.4. The number of carbonyl (C=O) groups excluding carboxylic acids is 2. The van der Waals surface area contributed by atoms with Crippen molar-refractivity contribution in [1.82, 2.24) is 0 Å². The molecule has 2 rings (SSSR count). The van der Waals surface area contributed by atoms with Crippen molar-refractivity contribution in [3.05, 3.63) is 29.1 Å². The molecule has 0 radical (unpaired) electrons. The Bertz CT molecular complexity index is 618. The third-order valence-electron chi connectivity index (χ3n) is 2.64. The highest BCUT2D eigenvalue weighted by Crippen LogP contribution is 2.32. The van der Waals surface area contributed by atoms with Crippen molar-refractivity contribution in [1.29, 1.82) is 0 Å². The maximum Gasteiger partial charge on any atom is 0.353 e. The van der Waals surface area contributed by atoms with Crippen LogP contribution in [-0.4, -0.2) is 37.7 Å². The second-order valence-electron chi connectivity index (χ2n) is 4.23. The third kappa shape index (κ3) is 4.67. The average molecular weight is 548 g/mol. The summed E-state index contributed by atoms with van der Waals surface area (Å²) in [5.74, 6) is -1.51. The number of esters is 2. The number of hydrogen-bond acceptors (Lipinski definition) is 6. The van der Waals surface area contributed by atoms with Gasteiger partial charge in [0.25, 0.3) is 0 Å². The Morgan fingerprint density at radius 2 is 1.17 bits per heavy atom. The molecule has 0 spiro atoms. The zero-order valence-electron chi connectivity index (χ0n) is 11.3. The zero-order chi connectivity index (χ0) is 18.0. The molecule has 0 aliphatic carbocycles. The number of ether oxygens (including phenoxy) is 4. The van der Waals surface area contributed by atoms with Crippen LogP contribution in [0.2, 0.25) is 0 Å². The van der Waals surface area contributed by atoms with Crippen LogP contribution in [-0.2, 0) is 28.5 Å². The molecule has 2 aliphatic heterocycles. The first kappa shape index (κ1) is 20.5. The van der Waals surface area contributed by atoms with Gasteiger partial charge in [-0.2, -0.15) is 0 Å². The molecule has 2 unspecified atom stereocenters. The summed E-state index contributed by atoms with van der Waals surface area (Å²) in [4.78, 5) is 22.4. The van der Waals surface area contributed by atoms with Gasteiger partial charge in [-0.25, -0.2) is 9.59 Å². The van der Waals surface area contributed by atoms with Crippen molar-refractivity contribution >= 4 is 90.2 Å². The van der Waals surface area contributed by atoms with Crippen LogP contribution in [0.3, 0.4) is 0 Å². The van der Waals surface area contributed by atoms with Crippen molar-refractivity contribution in [2.24, 2.45) is 0 Å². The van der Waals surface area contributed by atoms with E-state index < -0.39 is 24.5 Å². The van der Waals surface area contributed by atoms with Crippen molar-refractivity contribution < 1.29 is 28.5 Å². The maximum atomic E-state index is 11.2. The summed E-state index contributed by atoms with van der Waals surface area (Å²) in [6.07, 6.45) is -2.15. The van der Waals surface area contributed by atoms with Gasteiger partial charge < -0.3 is 18.9 Å². The van der Waals surface area contributed by atoms with E-state index in [1.807, 2.05) is 0 Å². The third-order valence-corrected chi connectivity index (χ3v) is 6.23. The van der Waals surface area contributed by atoms with E-state index in [1.165, 1.54) is 0 Å². The SMILES string of the molecule is O=C1OC(OC/C(Br)=C(\Br)COC2OC(=O)C(Cl)=C2Cl)C(Cl)=C1Cl. The number of halogens is 6. The molecule has 0 aromatic rings. The number of hydrogen-bond donors (Lipinski definition) is 0. The second kappa shape index (κ2) is 8.73. The van der Waals surface area contributed by atoms with Crippen LogP contribution in [0.4, 0.5) is 0 Å². The number of carbonyl (C=O) groups is 2. The zero-order valence-corrected chi connectivity index (χ0v) is 17.5. The standard InChI is InChI=1S/C12H6Br2Cl4O6/c13-3(1-21-11-7(17)5(15)9(19)23-11)4(14)2-22-12-8(18)6(16)10(20)24-12/h11-12H,1-2H2/b4-3+. The predicted octanol–water partition coefficient (Wildman–Crippen LogP) is 4.17. The molecule has 2 atom stereocenters. The highest BCUT2D eigenvalue weighted by atomic mass is 79.9. The highest BCUT2D eigenvalue weighted by Gasteiger charge is 2.34. The quantitative estimate of drug-likeness (QED) is 0.465. The van der Waals surface area contributed by atoms with E-state index in [4.69, 9.17) is 65.4 Å². The van der Waals surface area contributed by atoms with Crippen LogP contribution in [0.1, 0.15) is 0 Å². The molecule has 12 heteroatoms. The Morgan fingerprint density at radius 1 is 0.833 bits per heavy atom. The van der Waals surface area contributed by atoms with Gasteiger partial charge in [-0.15, -0.1) is 0 Å². The smallest absolute Gasteiger partial charge is 0.353 e. The van der Waals surface area contributed by atoms with E-state index in [2.05, 4.69) is 31.9 Å². The van der Waals surface area contributed by atoms with Crippen LogP contribution >= 0.6 is 78.3 Å². The van der Waals surface area contributed by atoms with Crippen LogP contribution < -0.4 is 0 Å². The Balaban J connectivity index is 1.86. The molecule has 0 saturated carbocycles. The van der Waals surface area contributed by atoms with Gasteiger partial charge in [-0.1, -0.05) is 78.3 Å². The Labute approximate surface area is 172 Å². The molecule has 0 amide bonds. The maximum absolute atomic E-state index is 11.2. The molecule has 0 fully saturated rings. The van der Waals surface area contributed by atoms with Crippen LogP contribution in [0.25, 0.3) is 0 Å². The van der Waals surface area contributed by atoms with E-state index in [9.17, 15) is 9.59 Å². The lowest BCUT2D eigenvalue weighted by atomic mass is 10.5. The van der Waals surface area contributed by atoms with Gasteiger partial charge in [0, 0.05) is 8.96 Å². The number of rotatable bonds is 6. The fraction of sp³-hybridized carbons (Fsp3) is 0.333. The number of cyclic esters (lactones) is 2. The highest BCUT2D eigenvalue weighted by molar-refractivity contribution is 9.14. The van der Waals surface area contributed by atoms with E-state index in [-0.39, 0.29) is 33.3 Å². The minimum atomic E-state index is -1.08. The van der Waals surface area contributed by atoms with Gasteiger partial charge in [-0.3, -0.25) is 0 Å². The summed E-state index contributed by atoms with van der Waals surface area (Å²) in [6, 6.07) is 0. The Morgan fingerprint density at radius 3 is 1.42 bits per heavy atom. The van der Waals surface area contributed by atoms with E-state index in [0.717, 1.165) is 0 Å². The molecular formula is C12H6Br2Cl4O6. The first-order valence-corrected chi connectivity index (χ1v) is 9.10. The van der Waals surface area contributed by atoms with Crippen molar-refractivity contribution in [2.75, 3.05) is 13.2 Å². The van der Waals surface area contributed by atoms with Gasteiger partial charge in [0.1, 0.15) is 20.1 Å². The van der Waals surface area contributed by atoms with Gasteiger partial charge in [-0.05, 0) is 0 Å². The van der Waals surface area contributed by atoms with Crippen LogP contribution in [0.5, 0.6) is 0 Å². The van der Waals surface area contributed by atoms with E-state index in [1.54, 1.807) is 0 Å². The summed E-state index contributed by atoms with van der Waals surface area (Å²) < 4.78 is 21.3. The fourth-order valence-corrected chi connectivity index (χ4v) is 2.60. The second-order valence-corrected chi connectivity index (χ2v) is 7.71. The molecule has 0 bridgehead atoms. The topological polar surface area (TPSA) is 71.1 Å². The molecule has 0 aromatic carbocycles. The average Bonchev–Trinajstić information content (AvgIpc) is 2.94. The van der Waals surface area contributed by atoms with E-state index in [0.29, 0.717) is 8.96 Å². The van der Waals surface area contributed by atoms with Gasteiger partial charge >= 0.3 is 11.9 Å². The monoisotopic (exact) mass is 544 g/mol. The fourth-order valence-electron chi connectivity index (χ4n) is 1.47. The van der Waals surface area contributed by atoms with Gasteiger partial charge in [0.2, 0.25) is 12.6 Å². The minimum Gasteiger partial charge on any atom is -0.426 e. The molecule has 0 saturated heterocycles. The first-order chi connectivity index (χ1) is 11.2. The summed E-state index contributed by atoms with van der Waals surface area (Å²) in [5.41, 5.74) is 0. The molecule has 132 valence electrons. The lowest BCUT2D eigenvalue weighted by molar-refractivity contribution is -0.158. The minimum absolute atomic E-state index is 0.00292. The normalized spacial score (nSPS) is 25.2. The lowest BCUT2D eigenvalue weighted by Crippen LogP contribution is -2.17. The molecule has 24 heavy (non-hydrogen) atoms. The van der Waals surface area contributed by atoms with Crippen molar-refractivity contribution in [3.63, 3.8) is 0 Å². The Kier molecular flexibility index (Phi) is 7.46. The Hall–Kier alpha value is 0.200. The molecule has 2 aliphatic rings. The van der Waals surface area contributed by atoms with Crippen LogP contribution in [0, 0.1) is 0 Å². The van der Waals surface area contributed by atoms with E-state index >= 15 is 0 Å². The van der Waals surface area contributed by atoms with Crippen molar-refractivity contribution in [3.8, 4) is 0 Å². The van der Waals surface area contributed by atoms with Gasteiger partial charge in [0.05, 0.1) is 13.2 Å². The first-order valence-electron chi connectivity index (χ1n) is 6.01. The summed E-state index contributed by atoms with van der Waals surface area (Å²) in [5, 5.41) is -0.492. The summed E-state index contributed by atoms with van der Waals surface area (Å²) in [7, 11) is 0. The molecule has 2 heterocycles.